The number of fused-ring (bicyclic) bond motifs is 1. The molecule has 0 radical (unpaired) electrons. The van der Waals surface area contributed by atoms with E-state index in [4.69, 9.17) is 11.2 Å². The molecule has 150 valence electrons. The summed E-state index contributed by atoms with van der Waals surface area (Å²) in [4.78, 5) is 28.5. The van der Waals surface area contributed by atoms with Crippen molar-refractivity contribution in [1.29, 1.82) is 0 Å². The minimum Gasteiger partial charge on any atom is -0.477 e. The molecule has 1 unspecified atom stereocenters. The van der Waals surface area contributed by atoms with Crippen LogP contribution in [-0.2, 0) is 0 Å². The molecule has 1 saturated heterocycles. The summed E-state index contributed by atoms with van der Waals surface area (Å²) in [6.45, 7) is -5.06. The van der Waals surface area contributed by atoms with Gasteiger partial charge in [0.1, 0.15) is 17.2 Å². The summed E-state index contributed by atoms with van der Waals surface area (Å²) in [6.07, 6.45) is 0.216. The van der Waals surface area contributed by atoms with Gasteiger partial charge in [0.15, 0.2) is 17.3 Å². The molecule has 0 aliphatic carbocycles. The van der Waals surface area contributed by atoms with Crippen molar-refractivity contribution in [3.05, 3.63) is 63.7 Å². The van der Waals surface area contributed by atoms with Gasteiger partial charge in [0.25, 0.3) is 0 Å². The van der Waals surface area contributed by atoms with Gasteiger partial charge in [-0.1, -0.05) is 0 Å². The molecule has 4 rings (SSSR count). The van der Waals surface area contributed by atoms with E-state index in [1.54, 1.807) is 0 Å². The summed E-state index contributed by atoms with van der Waals surface area (Å²) in [6, 6.07) is 1.52. The molecule has 1 aliphatic rings. The lowest BCUT2D eigenvalue weighted by atomic mass is 10.1. The quantitative estimate of drug-likeness (QED) is 0.688. The number of pyridine rings is 2. The topological polar surface area (TPSA) is 101 Å². The highest BCUT2D eigenvalue weighted by Gasteiger charge is 2.26. The van der Waals surface area contributed by atoms with Crippen molar-refractivity contribution in [3.63, 3.8) is 0 Å². The Morgan fingerprint density at radius 2 is 2.03 bits per heavy atom. The molecular formula is C19H15F3N4O3. The van der Waals surface area contributed by atoms with Gasteiger partial charge in [-0.15, -0.1) is 0 Å². The molecule has 0 bridgehead atoms. The number of carbonyl (C=O) groups is 1. The van der Waals surface area contributed by atoms with E-state index >= 15 is 4.39 Å². The van der Waals surface area contributed by atoms with Gasteiger partial charge < -0.3 is 15.7 Å². The second-order valence-electron chi connectivity index (χ2n) is 6.24. The number of benzene rings is 1. The number of nitrogens with two attached hydrogens (primary N) is 1. The first-order valence-corrected chi connectivity index (χ1v) is 8.26. The third kappa shape index (κ3) is 3.21. The maximum absolute atomic E-state index is 15.1. The van der Waals surface area contributed by atoms with Crippen LogP contribution in [0.25, 0.3) is 16.7 Å². The van der Waals surface area contributed by atoms with Crippen LogP contribution in [0.1, 0.15) is 22.3 Å². The van der Waals surface area contributed by atoms with Gasteiger partial charge in [-0.05, 0) is 24.6 Å². The number of halogens is 3. The van der Waals surface area contributed by atoms with Gasteiger partial charge in [-0.25, -0.2) is 22.9 Å². The number of aromatic carboxylic acids is 1. The SMILES string of the molecule is [2H]C1([2H])CC(N)C([2H])([2H])N1c1nc2c(cc1F)c(=O)c(C(=O)O)cn2-c1ccc(F)cc1F. The van der Waals surface area contributed by atoms with Gasteiger partial charge in [-0.2, -0.15) is 0 Å². The van der Waals surface area contributed by atoms with Crippen LogP contribution in [0.2, 0.25) is 0 Å². The predicted molar refractivity (Wildman–Crippen MR) is 99.0 cm³/mol. The standard InChI is InChI=1S/C19H15F3N4O3/c20-9-1-2-15(13(21)5-9)26-8-12(19(28)29)16(27)11-6-14(22)18(24-17(11)26)25-4-3-10(23)7-25/h1-2,5-6,8,10H,3-4,7,23H2,(H,28,29)/i4D2,7D2. The number of nitrogens with zero attached hydrogens (tertiary/aromatic N) is 3. The largest absolute Gasteiger partial charge is 0.477 e. The van der Waals surface area contributed by atoms with Crippen LogP contribution in [0.15, 0.2) is 35.3 Å². The average Bonchev–Trinajstić information content (AvgIpc) is 2.85. The Morgan fingerprint density at radius 3 is 2.66 bits per heavy atom. The molecule has 0 amide bonds. The molecule has 0 spiro atoms. The summed E-state index contributed by atoms with van der Waals surface area (Å²) in [5.41, 5.74) is 2.76. The van der Waals surface area contributed by atoms with Crippen molar-refractivity contribution >= 4 is 22.8 Å². The van der Waals surface area contributed by atoms with Crippen molar-refractivity contribution in [1.82, 2.24) is 9.55 Å². The van der Waals surface area contributed by atoms with Crippen LogP contribution in [0, 0.1) is 17.5 Å². The van der Waals surface area contributed by atoms with Crippen molar-refractivity contribution in [2.75, 3.05) is 17.9 Å². The Morgan fingerprint density at radius 1 is 1.28 bits per heavy atom. The van der Waals surface area contributed by atoms with E-state index in [2.05, 4.69) is 4.98 Å². The van der Waals surface area contributed by atoms with Gasteiger partial charge in [0, 0.05) is 34.0 Å². The zero-order chi connectivity index (χ0) is 24.5. The number of rotatable bonds is 3. The molecule has 1 aliphatic heterocycles. The molecular weight excluding hydrogens is 389 g/mol. The number of carboxylic acids is 1. The molecule has 2 aromatic heterocycles. The van der Waals surface area contributed by atoms with E-state index in [0.29, 0.717) is 17.0 Å². The molecule has 0 saturated carbocycles. The van der Waals surface area contributed by atoms with E-state index < -0.39 is 82.4 Å². The summed E-state index contributed by atoms with van der Waals surface area (Å²) >= 11 is 0. The van der Waals surface area contributed by atoms with Crippen molar-refractivity contribution in [2.45, 2.75) is 12.5 Å². The van der Waals surface area contributed by atoms with E-state index in [1.165, 1.54) is 0 Å². The molecule has 1 fully saturated rings. The van der Waals surface area contributed by atoms with Gasteiger partial charge in [0.05, 0.1) is 13.8 Å². The van der Waals surface area contributed by atoms with Crippen molar-refractivity contribution in [2.24, 2.45) is 5.73 Å². The van der Waals surface area contributed by atoms with E-state index in [-0.39, 0.29) is 0 Å². The Labute approximate surface area is 167 Å². The highest BCUT2D eigenvalue weighted by molar-refractivity contribution is 5.92. The van der Waals surface area contributed by atoms with Crippen LogP contribution in [-0.4, -0.2) is 39.7 Å². The van der Waals surface area contributed by atoms with E-state index in [1.807, 2.05) is 0 Å². The maximum atomic E-state index is 15.1. The fourth-order valence-corrected chi connectivity index (χ4v) is 2.97. The fraction of sp³-hybridized carbons (Fsp3) is 0.211. The van der Waals surface area contributed by atoms with E-state index in [9.17, 15) is 23.5 Å². The number of anilines is 1. The summed E-state index contributed by atoms with van der Waals surface area (Å²) in [5.74, 6) is -5.97. The first-order valence-electron chi connectivity index (χ1n) is 10.3. The van der Waals surface area contributed by atoms with Gasteiger partial charge in [-0.3, -0.25) is 9.36 Å². The number of hydrogen-bond donors (Lipinski definition) is 2. The van der Waals surface area contributed by atoms with Gasteiger partial charge in [0.2, 0.25) is 5.43 Å². The fourth-order valence-electron chi connectivity index (χ4n) is 2.97. The molecule has 1 atom stereocenters. The molecule has 3 N–H and O–H groups in total. The Hall–Kier alpha value is -3.40. The Kier molecular flexibility index (Phi) is 3.46. The lowest BCUT2D eigenvalue weighted by Crippen LogP contribution is -2.28. The lowest BCUT2D eigenvalue weighted by Gasteiger charge is -2.19. The third-order valence-corrected chi connectivity index (χ3v) is 4.29. The third-order valence-electron chi connectivity index (χ3n) is 4.29. The minimum atomic E-state index is -2.59. The predicted octanol–water partition coefficient (Wildman–Crippen LogP) is 2.04. The smallest absolute Gasteiger partial charge is 0.341 e. The zero-order valence-corrected chi connectivity index (χ0v) is 14.5. The molecule has 29 heavy (non-hydrogen) atoms. The van der Waals surface area contributed by atoms with Crippen LogP contribution < -0.4 is 16.1 Å². The second kappa shape index (κ2) is 6.89. The Balaban J connectivity index is 2.11. The highest BCUT2D eigenvalue weighted by atomic mass is 19.1. The first kappa shape index (κ1) is 14.6. The first-order chi connectivity index (χ1) is 15.3. The van der Waals surface area contributed by atoms with Crippen molar-refractivity contribution in [3.8, 4) is 5.69 Å². The molecule has 7 nitrogen and oxygen atoms in total. The monoisotopic (exact) mass is 408 g/mol. The van der Waals surface area contributed by atoms with Gasteiger partial charge >= 0.3 is 5.97 Å². The van der Waals surface area contributed by atoms with E-state index in [0.717, 1.165) is 22.9 Å². The highest BCUT2D eigenvalue weighted by Crippen LogP contribution is 2.26. The van der Waals surface area contributed by atoms with Crippen LogP contribution >= 0.6 is 0 Å². The molecule has 1 aromatic carbocycles. The zero-order valence-electron chi connectivity index (χ0n) is 18.5. The summed E-state index contributed by atoms with van der Waals surface area (Å²) < 4.78 is 76.3. The van der Waals surface area contributed by atoms with Crippen molar-refractivity contribution < 1.29 is 28.6 Å². The maximum Gasteiger partial charge on any atom is 0.341 e. The van der Waals surface area contributed by atoms with Crippen LogP contribution in [0.5, 0.6) is 0 Å². The number of aromatic nitrogens is 2. The summed E-state index contributed by atoms with van der Waals surface area (Å²) in [5, 5.41) is 8.78. The van der Waals surface area contributed by atoms with Crippen LogP contribution in [0.3, 0.4) is 0 Å². The molecule has 3 heterocycles. The second-order valence-corrected chi connectivity index (χ2v) is 6.24. The lowest BCUT2D eigenvalue weighted by molar-refractivity contribution is 0.0695. The number of hydrogen-bond acceptors (Lipinski definition) is 5. The Bertz CT molecular complexity index is 1380. The molecule has 10 heteroatoms. The van der Waals surface area contributed by atoms with Crippen LogP contribution in [0.4, 0.5) is 19.0 Å². The summed E-state index contributed by atoms with van der Waals surface area (Å²) in [7, 11) is 0. The minimum absolute atomic E-state index is 0.389. The molecule has 3 aromatic rings. The number of carboxylic acid groups (broad SMARTS) is 1. The normalized spacial score (nSPS) is 22.1. The average molecular weight is 408 g/mol.